The van der Waals surface area contributed by atoms with Crippen LogP contribution in [0.25, 0.3) is 10.4 Å². The summed E-state index contributed by atoms with van der Waals surface area (Å²) in [5, 5.41) is 2.98. The zero-order chi connectivity index (χ0) is 8.81. The molecular formula is C8H9N3O. The van der Waals surface area contributed by atoms with Crippen molar-refractivity contribution in [2.75, 3.05) is 0 Å². The van der Waals surface area contributed by atoms with Crippen LogP contribution in [-0.4, -0.2) is 5.91 Å². The van der Waals surface area contributed by atoms with Crippen molar-refractivity contribution in [3.05, 3.63) is 34.2 Å². The van der Waals surface area contributed by atoms with Crippen LogP contribution >= 0.6 is 0 Å². The Morgan fingerprint density at radius 1 is 1.75 bits per heavy atom. The number of allylic oxidation sites excluding steroid dienone is 4. The van der Waals surface area contributed by atoms with Gasteiger partial charge in [0.15, 0.2) is 0 Å². The Morgan fingerprint density at radius 2 is 2.58 bits per heavy atom. The molecule has 1 rings (SSSR count). The zero-order valence-corrected chi connectivity index (χ0v) is 6.60. The first-order chi connectivity index (χ1) is 5.83. The average molecular weight is 163 g/mol. The molecule has 0 bridgehead atoms. The fourth-order valence-corrected chi connectivity index (χ4v) is 1.04. The van der Waals surface area contributed by atoms with Gasteiger partial charge >= 0.3 is 0 Å². The van der Waals surface area contributed by atoms with Crippen LogP contribution in [0, 0.1) is 0 Å². The van der Waals surface area contributed by atoms with Gasteiger partial charge in [-0.25, -0.2) is 0 Å². The van der Waals surface area contributed by atoms with Crippen molar-refractivity contribution >= 4 is 5.91 Å². The Labute approximate surface area is 70.2 Å². The van der Waals surface area contributed by atoms with E-state index in [9.17, 15) is 4.79 Å². The Balaban J connectivity index is 2.26. The largest absolute Gasteiger partial charge is 0.293 e. The van der Waals surface area contributed by atoms with Gasteiger partial charge in [0.25, 0.3) is 0 Å². The summed E-state index contributed by atoms with van der Waals surface area (Å²) in [5.41, 5.74) is 9.16. The first-order valence-electron chi connectivity index (χ1n) is 3.75. The molecule has 0 heterocycles. The third-order valence-electron chi connectivity index (χ3n) is 1.66. The molecule has 4 nitrogen and oxygen atoms in total. The molecule has 0 aromatic carbocycles. The fraction of sp³-hybridized carbons (Fsp3) is 0.375. The highest BCUT2D eigenvalue weighted by molar-refractivity contribution is 5.76. The second-order valence-electron chi connectivity index (χ2n) is 2.54. The summed E-state index contributed by atoms with van der Waals surface area (Å²) in [4.78, 5) is 13.2. The maximum absolute atomic E-state index is 10.7. The molecule has 12 heavy (non-hydrogen) atoms. The van der Waals surface area contributed by atoms with E-state index < -0.39 is 0 Å². The van der Waals surface area contributed by atoms with Crippen molar-refractivity contribution in [3.8, 4) is 0 Å². The van der Waals surface area contributed by atoms with Crippen molar-refractivity contribution in [2.45, 2.75) is 19.3 Å². The van der Waals surface area contributed by atoms with Gasteiger partial charge in [0, 0.05) is 11.3 Å². The lowest BCUT2D eigenvalue weighted by molar-refractivity contribution is -0.117. The van der Waals surface area contributed by atoms with Gasteiger partial charge < -0.3 is 0 Å². The lowest BCUT2D eigenvalue weighted by atomic mass is 10.1. The molecule has 4 heteroatoms. The molecule has 1 amide bonds. The monoisotopic (exact) mass is 163 g/mol. The standard InChI is InChI=1S/C8H9N3O/c9-11-10-8(12)6-5-7-3-1-2-4-7/h1-3H,4-6H2. The third-order valence-corrected chi connectivity index (χ3v) is 1.66. The van der Waals surface area contributed by atoms with Crippen molar-refractivity contribution in [1.29, 1.82) is 0 Å². The van der Waals surface area contributed by atoms with Gasteiger partial charge in [-0.05, 0) is 23.5 Å². The molecule has 0 atom stereocenters. The molecule has 0 aromatic rings. The first-order valence-corrected chi connectivity index (χ1v) is 3.75. The fourth-order valence-electron chi connectivity index (χ4n) is 1.04. The van der Waals surface area contributed by atoms with Crippen LogP contribution in [0.5, 0.6) is 0 Å². The topological polar surface area (TPSA) is 65.8 Å². The lowest BCUT2D eigenvalue weighted by Gasteiger charge is -1.96. The van der Waals surface area contributed by atoms with Crippen LogP contribution in [0.1, 0.15) is 19.3 Å². The minimum absolute atomic E-state index is 0.317. The van der Waals surface area contributed by atoms with E-state index in [0.29, 0.717) is 12.8 Å². The van der Waals surface area contributed by atoms with Crippen LogP contribution in [-0.2, 0) is 4.79 Å². The molecule has 0 aromatic heterocycles. The third kappa shape index (κ3) is 2.60. The summed E-state index contributed by atoms with van der Waals surface area (Å²) in [6.07, 6.45) is 7.93. The second kappa shape index (κ2) is 4.36. The van der Waals surface area contributed by atoms with E-state index in [-0.39, 0.29) is 5.91 Å². The number of hydrogen-bond donors (Lipinski definition) is 0. The molecule has 62 valence electrons. The maximum atomic E-state index is 10.7. The first kappa shape index (κ1) is 8.56. The van der Waals surface area contributed by atoms with E-state index in [1.807, 2.05) is 18.2 Å². The van der Waals surface area contributed by atoms with Gasteiger partial charge in [-0.1, -0.05) is 23.8 Å². The van der Waals surface area contributed by atoms with E-state index in [1.54, 1.807) is 0 Å². The Morgan fingerprint density at radius 3 is 3.17 bits per heavy atom. The minimum Gasteiger partial charge on any atom is -0.293 e. The van der Waals surface area contributed by atoms with Gasteiger partial charge in [-0.15, -0.1) is 0 Å². The molecule has 1 aliphatic rings. The van der Waals surface area contributed by atoms with Crippen LogP contribution in [0.3, 0.4) is 0 Å². The number of rotatable bonds is 3. The van der Waals surface area contributed by atoms with Gasteiger partial charge in [-0.3, -0.25) is 4.79 Å². The normalized spacial score (nSPS) is 13.8. The van der Waals surface area contributed by atoms with Gasteiger partial charge in [0.1, 0.15) is 0 Å². The van der Waals surface area contributed by atoms with E-state index in [0.717, 1.165) is 6.42 Å². The summed E-state index contributed by atoms with van der Waals surface area (Å²) in [5.74, 6) is -0.384. The van der Waals surface area contributed by atoms with Crippen LogP contribution in [0.2, 0.25) is 0 Å². The maximum Gasteiger partial charge on any atom is 0.219 e. The highest BCUT2D eigenvalue weighted by Gasteiger charge is 2.02. The zero-order valence-electron chi connectivity index (χ0n) is 6.60. The number of azide groups is 1. The molecule has 0 aliphatic heterocycles. The predicted octanol–water partition coefficient (Wildman–Crippen LogP) is 2.49. The van der Waals surface area contributed by atoms with Crippen molar-refractivity contribution in [3.63, 3.8) is 0 Å². The smallest absolute Gasteiger partial charge is 0.219 e. The number of amides is 1. The Hall–Kier alpha value is -1.54. The number of hydrogen-bond acceptors (Lipinski definition) is 1. The molecular weight excluding hydrogens is 154 g/mol. The summed E-state index contributed by atoms with van der Waals surface area (Å²) in [6, 6.07) is 0. The van der Waals surface area contributed by atoms with E-state index >= 15 is 0 Å². The summed E-state index contributed by atoms with van der Waals surface area (Å²) >= 11 is 0. The quantitative estimate of drug-likeness (QED) is 0.358. The van der Waals surface area contributed by atoms with E-state index in [4.69, 9.17) is 5.53 Å². The van der Waals surface area contributed by atoms with Gasteiger partial charge in [-0.2, -0.15) is 0 Å². The van der Waals surface area contributed by atoms with E-state index in [1.165, 1.54) is 5.57 Å². The van der Waals surface area contributed by atoms with Gasteiger partial charge in [0.05, 0.1) is 0 Å². The number of nitrogens with zero attached hydrogens (tertiary/aromatic N) is 3. The summed E-state index contributed by atoms with van der Waals surface area (Å²) in [7, 11) is 0. The van der Waals surface area contributed by atoms with E-state index in [2.05, 4.69) is 10.0 Å². The number of carbonyl (C=O) groups excluding carboxylic acids is 1. The molecule has 0 saturated heterocycles. The highest BCUT2D eigenvalue weighted by Crippen LogP contribution is 2.16. The van der Waals surface area contributed by atoms with Crippen molar-refractivity contribution in [1.82, 2.24) is 0 Å². The summed E-state index contributed by atoms with van der Waals surface area (Å²) in [6.45, 7) is 0. The molecule has 0 saturated carbocycles. The number of carbonyl (C=O) groups is 1. The Bertz CT molecular complexity index is 283. The van der Waals surface area contributed by atoms with Crippen LogP contribution in [0.15, 0.2) is 28.9 Å². The SMILES string of the molecule is [N-]=[N+]=NC(=O)CCC1=CC=CC1. The molecule has 0 fully saturated rings. The Kier molecular flexibility index (Phi) is 3.11. The lowest BCUT2D eigenvalue weighted by Crippen LogP contribution is -1.91. The van der Waals surface area contributed by atoms with Crippen LogP contribution in [0.4, 0.5) is 0 Å². The van der Waals surface area contributed by atoms with Gasteiger partial charge in [0.2, 0.25) is 5.91 Å². The van der Waals surface area contributed by atoms with Crippen molar-refractivity contribution in [2.24, 2.45) is 5.11 Å². The highest BCUT2D eigenvalue weighted by atomic mass is 16.1. The second-order valence-corrected chi connectivity index (χ2v) is 2.54. The molecule has 0 N–H and O–H groups in total. The molecule has 0 spiro atoms. The molecule has 0 radical (unpaired) electrons. The molecule has 1 aliphatic carbocycles. The minimum atomic E-state index is -0.384. The predicted molar refractivity (Wildman–Crippen MR) is 45.2 cm³/mol. The van der Waals surface area contributed by atoms with Crippen molar-refractivity contribution < 1.29 is 4.79 Å². The molecule has 0 unspecified atom stereocenters. The summed E-state index contributed by atoms with van der Waals surface area (Å²) < 4.78 is 0. The van der Waals surface area contributed by atoms with Crippen LogP contribution < -0.4 is 0 Å². The average Bonchev–Trinajstić information content (AvgIpc) is 2.53.